The third kappa shape index (κ3) is 4.78. The van der Waals surface area contributed by atoms with Crippen molar-refractivity contribution in [2.24, 2.45) is 0 Å². The van der Waals surface area contributed by atoms with Gasteiger partial charge in [0.2, 0.25) is 5.91 Å². The molecule has 2 rings (SSSR count). The number of methoxy groups -OCH3 is 1. The molecule has 4 heteroatoms. The lowest BCUT2D eigenvalue weighted by Gasteiger charge is -2.29. The van der Waals surface area contributed by atoms with Crippen LogP contribution in [0.1, 0.15) is 43.0 Å². The van der Waals surface area contributed by atoms with Crippen LogP contribution in [-0.4, -0.2) is 31.1 Å². The number of aryl methyl sites for hydroxylation is 1. The molecule has 0 heterocycles. The molecule has 2 aromatic rings. The maximum atomic E-state index is 12.7. The van der Waals surface area contributed by atoms with E-state index in [1.54, 1.807) is 7.11 Å². The standard InChI is InChI=1S/C22H29NO3/c1-6-23(18(4)19-10-8-11-20(15-19)25-5)22(24)13-14-26-21-12-7-9-16(2)17(21)3/h7-12,15,18H,6,13-14H2,1-5H3. The van der Waals surface area contributed by atoms with Crippen molar-refractivity contribution in [3.05, 3.63) is 59.2 Å². The Morgan fingerprint density at radius 3 is 2.58 bits per heavy atom. The van der Waals surface area contributed by atoms with Gasteiger partial charge in [-0.25, -0.2) is 0 Å². The van der Waals surface area contributed by atoms with Crippen molar-refractivity contribution in [3.8, 4) is 11.5 Å². The van der Waals surface area contributed by atoms with Crippen molar-refractivity contribution in [3.63, 3.8) is 0 Å². The predicted octanol–water partition coefficient (Wildman–Crippen LogP) is 4.69. The van der Waals surface area contributed by atoms with Crippen LogP contribution in [0.15, 0.2) is 42.5 Å². The van der Waals surface area contributed by atoms with Gasteiger partial charge in [-0.05, 0) is 62.6 Å². The maximum absolute atomic E-state index is 12.7. The average Bonchev–Trinajstić information content (AvgIpc) is 2.65. The fourth-order valence-corrected chi connectivity index (χ4v) is 3.02. The summed E-state index contributed by atoms with van der Waals surface area (Å²) >= 11 is 0. The molecule has 0 saturated carbocycles. The summed E-state index contributed by atoms with van der Waals surface area (Å²) < 4.78 is 11.1. The van der Waals surface area contributed by atoms with Crippen molar-refractivity contribution in [1.82, 2.24) is 4.90 Å². The largest absolute Gasteiger partial charge is 0.497 e. The molecule has 0 aliphatic rings. The number of rotatable bonds is 8. The fourth-order valence-electron chi connectivity index (χ4n) is 3.02. The number of nitrogens with zero attached hydrogens (tertiary/aromatic N) is 1. The average molecular weight is 355 g/mol. The van der Waals surface area contributed by atoms with Crippen LogP contribution < -0.4 is 9.47 Å². The molecule has 26 heavy (non-hydrogen) atoms. The molecule has 0 radical (unpaired) electrons. The van der Waals surface area contributed by atoms with Gasteiger partial charge >= 0.3 is 0 Å². The van der Waals surface area contributed by atoms with Gasteiger partial charge in [0, 0.05) is 6.54 Å². The second-order valence-electron chi connectivity index (χ2n) is 6.43. The molecule has 0 fully saturated rings. The van der Waals surface area contributed by atoms with Crippen LogP contribution in [0.25, 0.3) is 0 Å². The Bertz CT molecular complexity index is 742. The first-order valence-electron chi connectivity index (χ1n) is 9.10. The Hall–Kier alpha value is -2.49. The van der Waals surface area contributed by atoms with E-state index in [1.165, 1.54) is 5.56 Å². The molecule has 1 atom stereocenters. The number of hydrogen-bond acceptors (Lipinski definition) is 3. The van der Waals surface area contributed by atoms with E-state index in [0.717, 1.165) is 22.6 Å². The highest BCUT2D eigenvalue weighted by atomic mass is 16.5. The normalized spacial score (nSPS) is 11.7. The van der Waals surface area contributed by atoms with Gasteiger partial charge in [0.25, 0.3) is 0 Å². The fraction of sp³-hybridized carbons (Fsp3) is 0.409. The molecule has 140 valence electrons. The van der Waals surface area contributed by atoms with Crippen LogP contribution in [0.3, 0.4) is 0 Å². The van der Waals surface area contributed by atoms with Gasteiger partial charge in [-0.3, -0.25) is 4.79 Å². The SMILES string of the molecule is CCN(C(=O)CCOc1cccc(C)c1C)C(C)c1cccc(OC)c1. The summed E-state index contributed by atoms with van der Waals surface area (Å²) in [4.78, 5) is 14.6. The van der Waals surface area contributed by atoms with Gasteiger partial charge in [0.05, 0.1) is 26.2 Å². The van der Waals surface area contributed by atoms with Gasteiger partial charge in [0.1, 0.15) is 11.5 Å². The molecule has 4 nitrogen and oxygen atoms in total. The number of ether oxygens (including phenoxy) is 2. The highest BCUT2D eigenvalue weighted by Crippen LogP contribution is 2.25. The predicted molar refractivity (Wildman–Crippen MR) is 105 cm³/mol. The number of benzene rings is 2. The molecule has 0 bridgehead atoms. The first kappa shape index (κ1) is 19.8. The second-order valence-corrected chi connectivity index (χ2v) is 6.43. The Morgan fingerprint density at radius 2 is 1.88 bits per heavy atom. The lowest BCUT2D eigenvalue weighted by molar-refractivity contribution is -0.133. The molecule has 0 aliphatic heterocycles. The number of amides is 1. The molecule has 2 aromatic carbocycles. The summed E-state index contributed by atoms with van der Waals surface area (Å²) in [6, 6.07) is 13.8. The molecule has 0 aliphatic carbocycles. The zero-order valence-electron chi connectivity index (χ0n) is 16.4. The van der Waals surface area contributed by atoms with Crippen LogP contribution >= 0.6 is 0 Å². The number of carbonyl (C=O) groups excluding carboxylic acids is 1. The third-order valence-electron chi connectivity index (χ3n) is 4.83. The summed E-state index contributed by atoms with van der Waals surface area (Å²) in [5.74, 6) is 1.74. The lowest BCUT2D eigenvalue weighted by atomic mass is 10.1. The Balaban J connectivity index is 1.98. The molecule has 0 aromatic heterocycles. The van der Waals surface area contributed by atoms with Crippen molar-refractivity contribution >= 4 is 5.91 Å². The quantitative estimate of drug-likeness (QED) is 0.689. The monoisotopic (exact) mass is 355 g/mol. The molecular formula is C22H29NO3. The van der Waals surface area contributed by atoms with Gasteiger partial charge in [0.15, 0.2) is 0 Å². The van der Waals surface area contributed by atoms with Crippen LogP contribution in [0, 0.1) is 13.8 Å². The van der Waals surface area contributed by atoms with Crippen molar-refractivity contribution in [2.45, 2.75) is 40.2 Å². The van der Waals surface area contributed by atoms with E-state index in [9.17, 15) is 4.79 Å². The highest BCUT2D eigenvalue weighted by Gasteiger charge is 2.20. The van der Waals surface area contributed by atoms with E-state index in [1.807, 2.05) is 62.1 Å². The highest BCUT2D eigenvalue weighted by molar-refractivity contribution is 5.76. The zero-order valence-corrected chi connectivity index (χ0v) is 16.4. The van der Waals surface area contributed by atoms with Gasteiger partial charge in [-0.15, -0.1) is 0 Å². The minimum atomic E-state index is -0.0108. The summed E-state index contributed by atoms with van der Waals surface area (Å²) in [5.41, 5.74) is 3.38. The van der Waals surface area contributed by atoms with Crippen LogP contribution in [0.2, 0.25) is 0 Å². The Kier molecular flexibility index (Phi) is 7.07. The molecule has 1 amide bonds. The molecule has 1 unspecified atom stereocenters. The Labute approximate surface area is 156 Å². The zero-order chi connectivity index (χ0) is 19.1. The van der Waals surface area contributed by atoms with E-state index in [0.29, 0.717) is 19.6 Å². The van der Waals surface area contributed by atoms with Crippen molar-refractivity contribution < 1.29 is 14.3 Å². The number of hydrogen-bond donors (Lipinski definition) is 0. The van der Waals surface area contributed by atoms with Crippen LogP contribution in [0.5, 0.6) is 11.5 Å². The van der Waals surface area contributed by atoms with Crippen molar-refractivity contribution in [2.75, 3.05) is 20.3 Å². The van der Waals surface area contributed by atoms with Gasteiger partial charge in [-0.2, -0.15) is 0 Å². The first-order chi connectivity index (χ1) is 12.5. The lowest BCUT2D eigenvalue weighted by Crippen LogP contribution is -2.34. The van der Waals surface area contributed by atoms with Gasteiger partial charge in [-0.1, -0.05) is 24.3 Å². The van der Waals surface area contributed by atoms with Gasteiger partial charge < -0.3 is 14.4 Å². The van der Waals surface area contributed by atoms with E-state index in [4.69, 9.17) is 9.47 Å². The summed E-state index contributed by atoms with van der Waals surface area (Å²) in [6.45, 7) is 9.17. The van der Waals surface area contributed by atoms with E-state index in [2.05, 4.69) is 13.0 Å². The Morgan fingerprint density at radius 1 is 1.15 bits per heavy atom. The van der Waals surface area contributed by atoms with E-state index >= 15 is 0 Å². The van der Waals surface area contributed by atoms with Crippen LogP contribution in [0.4, 0.5) is 0 Å². The molecule has 0 saturated heterocycles. The maximum Gasteiger partial charge on any atom is 0.226 e. The third-order valence-corrected chi connectivity index (χ3v) is 4.83. The van der Waals surface area contributed by atoms with Crippen molar-refractivity contribution in [1.29, 1.82) is 0 Å². The van der Waals surface area contributed by atoms with Crippen LogP contribution in [-0.2, 0) is 4.79 Å². The minimum absolute atomic E-state index is 0.0108. The molecular weight excluding hydrogens is 326 g/mol. The summed E-state index contributed by atoms with van der Waals surface area (Å²) in [6.07, 6.45) is 0.357. The minimum Gasteiger partial charge on any atom is -0.497 e. The smallest absolute Gasteiger partial charge is 0.226 e. The topological polar surface area (TPSA) is 38.8 Å². The first-order valence-corrected chi connectivity index (χ1v) is 9.10. The number of carbonyl (C=O) groups is 1. The summed E-state index contributed by atoms with van der Waals surface area (Å²) in [7, 11) is 1.65. The molecule has 0 spiro atoms. The second kappa shape index (κ2) is 9.27. The summed E-state index contributed by atoms with van der Waals surface area (Å²) in [5, 5.41) is 0. The van der Waals surface area contributed by atoms with E-state index in [-0.39, 0.29) is 11.9 Å². The van der Waals surface area contributed by atoms with E-state index < -0.39 is 0 Å². The molecule has 0 N–H and O–H groups in total.